The molecule has 5 heteroatoms. The van der Waals surface area contributed by atoms with Crippen LogP contribution < -0.4 is 0 Å². The van der Waals surface area contributed by atoms with Gasteiger partial charge in [0.05, 0.1) is 5.69 Å². The third-order valence-electron chi connectivity index (χ3n) is 4.53. The van der Waals surface area contributed by atoms with Gasteiger partial charge in [-0.15, -0.1) is 0 Å². The van der Waals surface area contributed by atoms with E-state index in [1.165, 1.54) is 0 Å². The monoisotopic (exact) mass is 289 g/mol. The molecule has 0 saturated carbocycles. The summed E-state index contributed by atoms with van der Waals surface area (Å²) in [7, 11) is 0. The van der Waals surface area contributed by atoms with Crippen molar-refractivity contribution in [3.63, 3.8) is 0 Å². The van der Waals surface area contributed by atoms with Gasteiger partial charge in [0.1, 0.15) is 6.61 Å². The first-order chi connectivity index (χ1) is 10.3. The van der Waals surface area contributed by atoms with E-state index in [9.17, 15) is 4.79 Å². The van der Waals surface area contributed by atoms with Crippen molar-refractivity contribution in [3.8, 4) is 0 Å². The average molecular weight is 289 g/mol. The van der Waals surface area contributed by atoms with Crippen molar-refractivity contribution in [2.24, 2.45) is 0 Å². The molecule has 2 saturated heterocycles. The number of fused-ring (bicyclic) bond motifs is 1. The van der Waals surface area contributed by atoms with Gasteiger partial charge >= 0.3 is 0 Å². The van der Waals surface area contributed by atoms with Crippen molar-refractivity contribution in [2.45, 2.75) is 38.4 Å². The average Bonchev–Trinajstić information content (AvgIpc) is 3.09. The Hall–Kier alpha value is -1.46. The van der Waals surface area contributed by atoms with Gasteiger partial charge in [0.25, 0.3) is 0 Å². The number of pyridine rings is 1. The fraction of sp³-hybridized carbons (Fsp3) is 0.625. The fourth-order valence-corrected chi connectivity index (χ4v) is 3.55. The molecule has 2 fully saturated rings. The highest BCUT2D eigenvalue weighted by molar-refractivity contribution is 5.78. The molecule has 5 nitrogen and oxygen atoms in total. The van der Waals surface area contributed by atoms with Crippen LogP contribution in [0.2, 0.25) is 0 Å². The highest BCUT2D eigenvalue weighted by Crippen LogP contribution is 2.32. The number of hydrogen-bond acceptors (Lipinski definition) is 4. The van der Waals surface area contributed by atoms with Crippen LogP contribution in [0.4, 0.5) is 0 Å². The first kappa shape index (κ1) is 14.5. The van der Waals surface area contributed by atoms with Crippen molar-refractivity contribution in [1.29, 1.82) is 0 Å². The molecular formula is C16H23N3O2. The van der Waals surface area contributed by atoms with Gasteiger partial charge < -0.3 is 9.64 Å². The Bertz CT molecular complexity index is 480. The summed E-state index contributed by atoms with van der Waals surface area (Å²) in [6.07, 6.45) is 3.97. The lowest BCUT2D eigenvalue weighted by atomic mass is 10.1. The third-order valence-corrected chi connectivity index (χ3v) is 4.53. The molecule has 0 radical (unpaired) electrons. The SMILES string of the molecule is CCOCC(=O)N1CC[C@H]2[C@@H]1CCN2Cc1ccccn1. The first-order valence-corrected chi connectivity index (χ1v) is 7.80. The zero-order valence-electron chi connectivity index (χ0n) is 12.6. The van der Waals surface area contributed by atoms with Gasteiger partial charge in [0, 0.05) is 44.5 Å². The molecule has 2 atom stereocenters. The van der Waals surface area contributed by atoms with Crippen LogP contribution >= 0.6 is 0 Å². The summed E-state index contributed by atoms with van der Waals surface area (Å²) in [4.78, 5) is 21.1. The molecule has 21 heavy (non-hydrogen) atoms. The molecule has 0 N–H and O–H groups in total. The number of amides is 1. The number of likely N-dealkylation sites (tertiary alicyclic amines) is 2. The molecule has 2 aliphatic heterocycles. The molecule has 1 amide bonds. The highest BCUT2D eigenvalue weighted by Gasteiger charge is 2.44. The maximum atomic E-state index is 12.2. The van der Waals surface area contributed by atoms with E-state index in [1.807, 2.05) is 30.2 Å². The summed E-state index contributed by atoms with van der Waals surface area (Å²) in [5.74, 6) is 0.143. The van der Waals surface area contributed by atoms with E-state index >= 15 is 0 Å². The van der Waals surface area contributed by atoms with Gasteiger partial charge in [-0.2, -0.15) is 0 Å². The number of rotatable bonds is 5. The second kappa shape index (κ2) is 6.54. The topological polar surface area (TPSA) is 45.7 Å². The molecule has 0 bridgehead atoms. The molecule has 0 aliphatic carbocycles. The fourth-order valence-electron chi connectivity index (χ4n) is 3.55. The molecule has 3 heterocycles. The second-order valence-corrected chi connectivity index (χ2v) is 5.73. The number of nitrogens with zero attached hydrogens (tertiary/aromatic N) is 3. The lowest BCUT2D eigenvalue weighted by Crippen LogP contribution is -2.41. The van der Waals surface area contributed by atoms with E-state index in [0.29, 0.717) is 18.7 Å². The second-order valence-electron chi connectivity index (χ2n) is 5.73. The Balaban J connectivity index is 1.60. The predicted molar refractivity (Wildman–Crippen MR) is 79.7 cm³/mol. The van der Waals surface area contributed by atoms with Crippen molar-refractivity contribution < 1.29 is 9.53 Å². The van der Waals surface area contributed by atoms with Crippen molar-refractivity contribution in [3.05, 3.63) is 30.1 Å². The Kier molecular flexibility index (Phi) is 4.51. The quantitative estimate of drug-likeness (QED) is 0.819. The van der Waals surface area contributed by atoms with Crippen molar-refractivity contribution in [2.75, 3.05) is 26.3 Å². The van der Waals surface area contributed by atoms with E-state index in [1.54, 1.807) is 0 Å². The number of carbonyl (C=O) groups is 1. The number of carbonyl (C=O) groups excluding carboxylic acids is 1. The summed E-state index contributed by atoms with van der Waals surface area (Å²) in [6.45, 7) is 5.53. The van der Waals surface area contributed by atoms with Crippen LogP contribution in [0, 0.1) is 0 Å². The largest absolute Gasteiger partial charge is 0.372 e. The van der Waals surface area contributed by atoms with Gasteiger partial charge in [-0.1, -0.05) is 6.07 Å². The Morgan fingerprint density at radius 2 is 2.19 bits per heavy atom. The standard InChI is InChI=1S/C16H23N3O2/c1-2-21-12-16(20)19-10-7-14-15(19)6-9-18(14)11-13-5-3-4-8-17-13/h3-5,8,14-15H,2,6-7,9-12H2,1H3/t14-,15-/m0/s1. The zero-order chi connectivity index (χ0) is 14.7. The normalized spacial score (nSPS) is 25.3. The van der Waals surface area contributed by atoms with Crippen LogP contribution in [0.5, 0.6) is 0 Å². The van der Waals surface area contributed by atoms with Crippen LogP contribution in [0.3, 0.4) is 0 Å². The lowest BCUT2D eigenvalue weighted by Gasteiger charge is -2.25. The van der Waals surface area contributed by atoms with E-state index in [-0.39, 0.29) is 12.5 Å². The third kappa shape index (κ3) is 3.09. The van der Waals surface area contributed by atoms with E-state index in [4.69, 9.17) is 4.74 Å². The van der Waals surface area contributed by atoms with E-state index < -0.39 is 0 Å². The first-order valence-electron chi connectivity index (χ1n) is 7.80. The van der Waals surface area contributed by atoms with Crippen LogP contribution in [0.15, 0.2) is 24.4 Å². The maximum absolute atomic E-state index is 12.2. The summed E-state index contributed by atoms with van der Waals surface area (Å²) >= 11 is 0. The molecule has 1 aromatic heterocycles. The van der Waals surface area contributed by atoms with Gasteiger partial charge in [-0.25, -0.2) is 0 Å². The summed E-state index contributed by atoms with van der Waals surface area (Å²) < 4.78 is 5.26. The Labute approximate surface area is 125 Å². The zero-order valence-corrected chi connectivity index (χ0v) is 12.6. The van der Waals surface area contributed by atoms with Crippen LogP contribution in [-0.2, 0) is 16.1 Å². The lowest BCUT2D eigenvalue weighted by molar-refractivity contribution is -0.136. The molecule has 1 aromatic rings. The molecule has 3 rings (SSSR count). The van der Waals surface area contributed by atoms with E-state index in [0.717, 1.165) is 38.2 Å². The van der Waals surface area contributed by atoms with Crippen LogP contribution in [0.1, 0.15) is 25.5 Å². The van der Waals surface area contributed by atoms with Crippen molar-refractivity contribution >= 4 is 5.91 Å². The van der Waals surface area contributed by atoms with E-state index in [2.05, 4.69) is 16.0 Å². The molecule has 0 unspecified atom stereocenters. The molecule has 2 aliphatic rings. The van der Waals surface area contributed by atoms with Crippen LogP contribution in [-0.4, -0.2) is 59.1 Å². The highest BCUT2D eigenvalue weighted by atomic mass is 16.5. The molecule has 114 valence electrons. The summed E-state index contributed by atoms with van der Waals surface area (Å²) in [5.41, 5.74) is 1.11. The number of aromatic nitrogens is 1. The van der Waals surface area contributed by atoms with Gasteiger partial charge in [0.2, 0.25) is 5.91 Å². The number of hydrogen-bond donors (Lipinski definition) is 0. The molecule has 0 spiro atoms. The minimum atomic E-state index is 0.143. The van der Waals surface area contributed by atoms with Gasteiger partial charge in [-0.3, -0.25) is 14.7 Å². The predicted octanol–water partition coefficient (Wildman–Crippen LogP) is 1.29. The molecule has 0 aromatic carbocycles. The van der Waals surface area contributed by atoms with Crippen molar-refractivity contribution in [1.82, 2.24) is 14.8 Å². The molecular weight excluding hydrogens is 266 g/mol. The minimum absolute atomic E-state index is 0.143. The maximum Gasteiger partial charge on any atom is 0.248 e. The van der Waals surface area contributed by atoms with Crippen LogP contribution in [0.25, 0.3) is 0 Å². The smallest absolute Gasteiger partial charge is 0.248 e. The minimum Gasteiger partial charge on any atom is -0.372 e. The van der Waals surface area contributed by atoms with Gasteiger partial charge in [-0.05, 0) is 31.9 Å². The Morgan fingerprint density at radius 3 is 2.95 bits per heavy atom. The van der Waals surface area contributed by atoms with Gasteiger partial charge in [0.15, 0.2) is 0 Å². The summed E-state index contributed by atoms with van der Waals surface area (Å²) in [5, 5.41) is 0. The Morgan fingerprint density at radius 1 is 1.33 bits per heavy atom. The number of ether oxygens (including phenoxy) is 1. The summed E-state index contributed by atoms with van der Waals surface area (Å²) in [6, 6.07) is 6.89.